The smallest absolute Gasteiger partial charge is 0.251 e. The van der Waals surface area contributed by atoms with Crippen LogP contribution in [0.4, 0.5) is 0 Å². The van der Waals surface area contributed by atoms with Crippen LogP contribution in [0.3, 0.4) is 0 Å². The van der Waals surface area contributed by atoms with E-state index in [2.05, 4.69) is 49.0 Å². The molecule has 1 amide bonds. The summed E-state index contributed by atoms with van der Waals surface area (Å²) in [5.41, 5.74) is 1.84. The van der Waals surface area contributed by atoms with Crippen LogP contribution in [0.1, 0.15) is 20.8 Å². The molecule has 1 fully saturated rings. The summed E-state index contributed by atoms with van der Waals surface area (Å²) >= 11 is 1.82. The van der Waals surface area contributed by atoms with Gasteiger partial charge in [-0.25, -0.2) is 0 Å². The van der Waals surface area contributed by atoms with Crippen LogP contribution in [0.15, 0.2) is 46.8 Å². The van der Waals surface area contributed by atoms with E-state index in [-0.39, 0.29) is 5.91 Å². The zero-order chi connectivity index (χ0) is 19.8. The summed E-state index contributed by atoms with van der Waals surface area (Å²) in [5.74, 6) is 0.907. The molecule has 0 radical (unpaired) electrons. The second kappa shape index (κ2) is 10.2. The Morgan fingerprint density at radius 3 is 2.68 bits per heavy atom. The van der Waals surface area contributed by atoms with Gasteiger partial charge >= 0.3 is 0 Å². The molecule has 1 aromatic heterocycles. The molecule has 0 atom stereocenters. The van der Waals surface area contributed by atoms with Crippen LogP contribution in [0, 0.1) is 0 Å². The van der Waals surface area contributed by atoms with E-state index < -0.39 is 0 Å². The second-order valence-corrected chi connectivity index (χ2v) is 7.88. The Hall–Kier alpha value is -2.38. The number of nitrogens with zero attached hydrogens (tertiary/aromatic N) is 3. The Morgan fingerprint density at radius 1 is 1.18 bits per heavy atom. The van der Waals surface area contributed by atoms with Gasteiger partial charge in [-0.2, -0.15) is 0 Å². The maximum Gasteiger partial charge on any atom is 0.251 e. The van der Waals surface area contributed by atoms with Crippen molar-refractivity contribution in [3.8, 4) is 0 Å². The molecule has 0 saturated carbocycles. The highest BCUT2D eigenvalue weighted by molar-refractivity contribution is 7.09. The first kappa shape index (κ1) is 20.4. The van der Waals surface area contributed by atoms with Crippen molar-refractivity contribution in [3.05, 3.63) is 57.8 Å². The number of hydrogen-bond donors (Lipinski definition) is 2. The van der Waals surface area contributed by atoms with E-state index in [0.717, 1.165) is 57.2 Å². The van der Waals surface area contributed by atoms with Crippen LogP contribution in [0.2, 0.25) is 0 Å². The number of amides is 1. The first-order valence-corrected chi connectivity index (χ1v) is 10.6. The van der Waals surface area contributed by atoms with E-state index >= 15 is 0 Å². The lowest BCUT2D eigenvalue weighted by atomic mass is 10.1. The van der Waals surface area contributed by atoms with Crippen molar-refractivity contribution in [1.29, 1.82) is 0 Å². The molecule has 1 saturated heterocycles. The summed E-state index contributed by atoms with van der Waals surface area (Å²) < 4.78 is 0. The van der Waals surface area contributed by atoms with Crippen LogP contribution >= 0.6 is 11.3 Å². The normalized spacial score (nSPS) is 15.5. The van der Waals surface area contributed by atoms with E-state index in [1.807, 2.05) is 36.6 Å². The standard InChI is InChI=1S/C21H29N5OS/c1-22-20(27)18-6-3-5-17(15-18)8-9-24-21(23-2)26-12-10-25(11-13-26)16-19-7-4-14-28-19/h3-7,14-15H,8-13,16H2,1-2H3,(H,22,27)(H,23,24). The minimum absolute atomic E-state index is 0.0500. The zero-order valence-electron chi connectivity index (χ0n) is 16.6. The fraction of sp³-hybridized carbons (Fsp3) is 0.429. The molecule has 0 bridgehead atoms. The van der Waals surface area contributed by atoms with Crippen molar-refractivity contribution in [2.45, 2.75) is 13.0 Å². The van der Waals surface area contributed by atoms with Gasteiger partial charge in [-0.15, -0.1) is 11.3 Å². The average Bonchev–Trinajstić information content (AvgIpc) is 3.25. The Morgan fingerprint density at radius 2 is 2.00 bits per heavy atom. The summed E-state index contributed by atoms with van der Waals surface area (Å²) in [6.07, 6.45) is 0.849. The van der Waals surface area contributed by atoms with Gasteiger partial charge in [0, 0.05) is 63.8 Å². The summed E-state index contributed by atoms with van der Waals surface area (Å²) in [4.78, 5) is 22.5. The highest BCUT2D eigenvalue weighted by atomic mass is 32.1. The molecule has 0 spiro atoms. The van der Waals surface area contributed by atoms with Crippen molar-refractivity contribution >= 4 is 23.2 Å². The van der Waals surface area contributed by atoms with Crippen LogP contribution in [0.25, 0.3) is 0 Å². The molecule has 2 aromatic rings. The molecule has 0 unspecified atom stereocenters. The number of carbonyl (C=O) groups is 1. The van der Waals surface area contributed by atoms with E-state index in [9.17, 15) is 4.79 Å². The quantitative estimate of drug-likeness (QED) is 0.577. The first-order valence-electron chi connectivity index (χ1n) is 9.71. The number of guanidine groups is 1. The first-order chi connectivity index (χ1) is 13.7. The molecule has 6 nitrogen and oxygen atoms in total. The maximum atomic E-state index is 11.8. The third-order valence-corrected chi connectivity index (χ3v) is 5.82. The molecule has 7 heteroatoms. The van der Waals surface area contributed by atoms with Crippen LogP contribution in [-0.2, 0) is 13.0 Å². The van der Waals surface area contributed by atoms with Gasteiger partial charge in [-0.1, -0.05) is 18.2 Å². The topological polar surface area (TPSA) is 60.0 Å². The monoisotopic (exact) mass is 399 g/mol. The van der Waals surface area contributed by atoms with Crippen LogP contribution in [-0.4, -0.2) is 68.5 Å². The lowest BCUT2D eigenvalue weighted by Gasteiger charge is -2.36. The second-order valence-electron chi connectivity index (χ2n) is 6.85. The summed E-state index contributed by atoms with van der Waals surface area (Å²) in [6.45, 7) is 5.90. The number of aliphatic imine (C=N–C) groups is 1. The third-order valence-electron chi connectivity index (χ3n) is 4.96. The maximum absolute atomic E-state index is 11.8. The molecule has 3 rings (SSSR count). The molecule has 1 aromatic carbocycles. The van der Waals surface area contributed by atoms with Crippen LogP contribution < -0.4 is 10.6 Å². The summed E-state index contributed by atoms with van der Waals surface area (Å²) in [6, 6.07) is 12.1. The number of thiophene rings is 1. The van der Waals surface area contributed by atoms with E-state index in [0.29, 0.717) is 5.56 Å². The summed E-state index contributed by atoms with van der Waals surface area (Å²) in [7, 11) is 3.49. The molecule has 28 heavy (non-hydrogen) atoms. The number of carbonyl (C=O) groups excluding carboxylic acids is 1. The average molecular weight is 400 g/mol. The largest absolute Gasteiger partial charge is 0.356 e. The molecule has 1 aliphatic heterocycles. The Labute approximate surface area is 171 Å². The van der Waals surface area contributed by atoms with Gasteiger partial charge in [0.15, 0.2) is 5.96 Å². The van der Waals surface area contributed by atoms with Gasteiger partial charge in [0.1, 0.15) is 0 Å². The Balaban J connectivity index is 1.44. The van der Waals surface area contributed by atoms with Gasteiger partial charge in [0.2, 0.25) is 0 Å². The number of hydrogen-bond acceptors (Lipinski definition) is 4. The molecule has 1 aliphatic rings. The van der Waals surface area contributed by atoms with Crippen molar-refractivity contribution in [3.63, 3.8) is 0 Å². The van der Waals surface area contributed by atoms with Crippen molar-refractivity contribution in [2.24, 2.45) is 4.99 Å². The molecule has 2 heterocycles. The molecule has 150 valence electrons. The molecule has 0 aliphatic carbocycles. The number of rotatable bonds is 6. The number of nitrogens with one attached hydrogen (secondary N) is 2. The minimum Gasteiger partial charge on any atom is -0.356 e. The van der Waals surface area contributed by atoms with Gasteiger partial charge in [-0.3, -0.25) is 14.7 Å². The van der Waals surface area contributed by atoms with E-state index in [1.165, 1.54) is 4.88 Å². The zero-order valence-corrected chi connectivity index (χ0v) is 17.5. The van der Waals surface area contributed by atoms with Crippen molar-refractivity contribution in [1.82, 2.24) is 20.4 Å². The predicted molar refractivity (Wildman–Crippen MR) is 116 cm³/mol. The molecular weight excluding hydrogens is 370 g/mol. The minimum atomic E-state index is -0.0500. The van der Waals surface area contributed by atoms with E-state index in [1.54, 1.807) is 7.05 Å². The van der Waals surface area contributed by atoms with E-state index in [4.69, 9.17) is 0 Å². The SMILES string of the molecule is CN=C(NCCc1cccc(C(=O)NC)c1)N1CCN(Cc2cccs2)CC1. The van der Waals surface area contributed by atoms with Crippen LogP contribution in [0.5, 0.6) is 0 Å². The Kier molecular flexibility index (Phi) is 7.45. The highest BCUT2D eigenvalue weighted by Crippen LogP contribution is 2.13. The molecule has 2 N–H and O–H groups in total. The molecular formula is C21H29N5OS. The highest BCUT2D eigenvalue weighted by Gasteiger charge is 2.19. The third kappa shape index (κ3) is 5.56. The van der Waals surface area contributed by atoms with Crippen molar-refractivity contribution in [2.75, 3.05) is 46.8 Å². The number of benzene rings is 1. The van der Waals surface area contributed by atoms with Crippen molar-refractivity contribution < 1.29 is 4.79 Å². The summed E-state index contributed by atoms with van der Waals surface area (Å²) in [5, 5.41) is 8.28. The van der Waals surface area contributed by atoms with Gasteiger partial charge in [0.05, 0.1) is 0 Å². The van der Waals surface area contributed by atoms with Gasteiger partial charge in [-0.05, 0) is 35.6 Å². The number of piperazine rings is 1. The Bertz CT molecular complexity index is 782. The fourth-order valence-corrected chi connectivity index (χ4v) is 4.15. The lowest BCUT2D eigenvalue weighted by molar-refractivity contribution is 0.0963. The van der Waals surface area contributed by atoms with Gasteiger partial charge < -0.3 is 15.5 Å². The fourth-order valence-electron chi connectivity index (χ4n) is 3.40. The lowest BCUT2D eigenvalue weighted by Crippen LogP contribution is -2.52. The predicted octanol–water partition coefficient (Wildman–Crippen LogP) is 2.04. The van der Waals surface area contributed by atoms with Gasteiger partial charge in [0.25, 0.3) is 5.91 Å².